The molecule has 118 valence electrons. The van der Waals surface area contributed by atoms with Gasteiger partial charge in [-0.2, -0.15) is 8.78 Å². The molecule has 0 aliphatic carbocycles. The van der Waals surface area contributed by atoms with Gasteiger partial charge in [-0.25, -0.2) is 8.78 Å². The smallest absolute Gasteiger partial charge is 0.317 e. The summed E-state index contributed by atoms with van der Waals surface area (Å²) in [6.07, 6.45) is -1.26. The van der Waals surface area contributed by atoms with E-state index < -0.39 is 18.9 Å². The van der Waals surface area contributed by atoms with Gasteiger partial charge in [-0.15, -0.1) is 0 Å². The van der Waals surface area contributed by atoms with Crippen molar-refractivity contribution >= 4 is 0 Å². The molecule has 0 radical (unpaired) electrons. The Hall–Kier alpha value is -0.400. The highest BCUT2D eigenvalue weighted by Gasteiger charge is 2.42. The Balaban J connectivity index is 1.69. The van der Waals surface area contributed by atoms with E-state index >= 15 is 0 Å². The molecule has 2 aliphatic rings. The monoisotopic (exact) mass is 297 g/mol. The molecule has 0 atom stereocenters. The van der Waals surface area contributed by atoms with Gasteiger partial charge in [-0.1, -0.05) is 0 Å². The van der Waals surface area contributed by atoms with Gasteiger partial charge in [-0.05, 0) is 31.8 Å². The zero-order valence-corrected chi connectivity index (χ0v) is 11.6. The molecule has 2 heterocycles. The Labute approximate surface area is 117 Å². The predicted octanol–water partition coefficient (Wildman–Crippen LogP) is 1.50. The molecule has 0 saturated carbocycles. The number of hydrogen-bond acceptors (Lipinski definition) is 3. The third kappa shape index (κ3) is 4.56. The molecule has 20 heavy (non-hydrogen) atoms. The minimum absolute atomic E-state index is 0.452. The second-order valence-electron chi connectivity index (χ2n) is 5.83. The Morgan fingerprint density at radius 1 is 1.00 bits per heavy atom. The first-order valence-electron chi connectivity index (χ1n) is 7.29. The number of alkyl halides is 4. The van der Waals surface area contributed by atoms with Crippen molar-refractivity contribution in [2.24, 2.45) is 5.92 Å². The highest BCUT2D eigenvalue weighted by Crippen LogP contribution is 2.24. The molecule has 7 heteroatoms. The van der Waals surface area contributed by atoms with Crippen LogP contribution >= 0.6 is 0 Å². The second-order valence-corrected chi connectivity index (χ2v) is 5.83. The number of nitrogens with one attached hydrogen (secondary N) is 1. The molecule has 2 saturated heterocycles. The van der Waals surface area contributed by atoms with Crippen LogP contribution in [0.5, 0.6) is 0 Å². The lowest BCUT2D eigenvalue weighted by molar-refractivity contribution is -0.145. The lowest BCUT2D eigenvalue weighted by atomic mass is 9.97. The van der Waals surface area contributed by atoms with Crippen LogP contribution < -0.4 is 5.32 Å². The minimum Gasteiger partial charge on any atom is -0.317 e. The Morgan fingerprint density at radius 3 is 2.10 bits per heavy atom. The molecule has 1 N–H and O–H groups in total. The molecule has 2 fully saturated rings. The fourth-order valence-electron chi connectivity index (χ4n) is 2.93. The molecular formula is C13H23F4N3. The molecule has 0 aromatic carbocycles. The van der Waals surface area contributed by atoms with E-state index in [9.17, 15) is 17.6 Å². The van der Waals surface area contributed by atoms with Crippen LogP contribution in [0.2, 0.25) is 0 Å². The van der Waals surface area contributed by atoms with E-state index in [1.54, 1.807) is 0 Å². The third-order valence-electron chi connectivity index (χ3n) is 4.19. The van der Waals surface area contributed by atoms with E-state index in [1.165, 1.54) is 4.90 Å². The summed E-state index contributed by atoms with van der Waals surface area (Å²) < 4.78 is 50.3. The zero-order chi connectivity index (χ0) is 14.6. The number of piperazine rings is 1. The van der Waals surface area contributed by atoms with E-state index in [2.05, 4.69) is 10.2 Å². The van der Waals surface area contributed by atoms with Crippen molar-refractivity contribution in [2.45, 2.75) is 25.2 Å². The summed E-state index contributed by atoms with van der Waals surface area (Å²) in [6, 6.07) is 0. The normalized spacial score (nSPS) is 24.4. The molecule has 0 bridgehead atoms. The van der Waals surface area contributed by atoms with E-state index in [1.807, 2.05) is 0 Å². The molecule has 0 aromatic rings. The fraction of sp³-hybridized carbons (Fsp3) is 1.00. The highest BCUT2D eigenvalue weighted by atomic mass is 19.3. The van der Waals surface area contributed by atoms with Gasteiger partial charge >= 0.3 is 12.3 Å². The minimum atomic E-state index is -3.89. The third-order valence-corrected chi connectivity index (χ3v) is 4.19. The first-order chi connectivity index (χ1) is 9.47. The summed E-state index contributed by atoms with van der Waals surface area (Å²) in [5.74, 6) is -3.22. The van der Waals surface area contributed by atoms with Crippen LogP contribution in [0.4, 0.5) is 17.6 Å². The van der Waals surface area contributed by atoms with E-state index in [-0.39, 0.29) is 0 Å². The average Bonchev–Trinajstić information content (AvgIpc) is 2.42. The summed E-state index contributed by atoms with van der Waals surface area (Å²) in [4.78, 5) is 3.72. The molecule has 0 unspecified atom stereocenters. The first-order valence-corrected chi connectivity index (χ1v) is 7.29. The van der Waals surface area contributed by atoms with Crippen molar-refractivity contribution < 1.29 is 17.6 Å². The van der Waals surface area contributed by atoms with Crippen LogP contribution in [0.1, 0.15) is 12.8 Å². The molecule has 3 nitrogen and oxygen atoms in total. The van der Waals surface area contributed by atoms with Gasteiger partial charge in [0.1, 0.15) is 0 Å². The number of nitrogens with zero attached hydrogens (tertiary/aromatic N) is 2. The summed E-state index contributed by atoms with van der Waals surface area (Å²) in [7, 11) is 0. The lowest BCUT2D eigenvalue weighted by Crippen LogP contribution is -2.52. The molecular weight excluding hydrogens is 274 g/mol. The molecule has 2 aliphatic heterocycles. The Bertz CT molecular complexity index is 287. The largest absolute Gasteiger partial charge is 0.319 e. The van der Waals surface area contributed by atoms with Crippen LogP contribution in [0.15, 0.2) is 0 Å². The quantitative estimate of drug-likeness (QED) is 0.776. The van der Waals surface area contributed by atoms with Crippen LogP contribution in [0.25, 0.3) is 0 Å². The summed E-state index contributed by atoms with van der Waals surface area (Å²) in [6.45, 7) is 4.57. The standard InChI is InChI=1S/C13H23F4N3/c14-12(15)13(16,17)10-20-7-5-19(6-8-20)9-11-1-3-18-4-2-11/h11-12,18H,1-10H2. The zero-order valence-electron chi connectivity index (χ0n) is 11.6. The fourth-order valence-corrected chi connectivity index (χ4v) is 2.93. The lowest BCUT2D eigenvalue weighted by Gasteiger charge is -2.38. The van der Waals surface area contributed by atoms with Crippen LogP contribution in [0.3, 0.4) is 0 Å². The highest BCUT2D eigenvalue weighted by molar-refractivity contribution is 4.81. The molecule has 0 amide bonds. The first kappa shape index (κ1) is 16.0. The summed E-state index contributed by atoms with van der Waals surface area (Å²) in [5.41, 5.74) is 0. The summed E-state index contributed by atoms with van der Waals surface area (Å²) in [5, 5.41) is 3.31. The van der Waals surface area contributed by atoms with Crippen molar-refractivity contribution in [3.05, 3.63) is 0 Å². The average molecular weight is 297 g/mol. The molecule has 0 aromatic heterocycles. The SMILES string of the molecule is FC(F)C(F)(F)CN1CCN(CC2CCNCC2)CC1. The number of hydrogen-bond donors (Lipinski definition) is 1. The topological polar surface area (TPSA) is 18.5 Å². The van der Waals surface area contributed by atoms with Gasteiger partial charge in [0.15, 0.2) is 0 Å². The maximum atomic E-state index is 13.0. The van der Waals surface area contributed by atoms with Crippen LogP contribution in [-0.2, 0) is 0 Å². The van der Waals surface area contributed by atoms with E-state index in [0.29, 0.717) is 32.1 Å². The van der Waals surface area contributed by atoms with Gasteiger partial charge in [0.25, 0.3) is 0 Å². The second kappa shape index (κ2) is 7.04. The van der Waals surface area contributed by atoms with Gasteiger partial charge < -0.3 is 10.2 Å². The van der Waals surface area contributed by atoms with Gasteiger partial charge in [0, 0.05) is 32.7 Å². The Kier molecular flexibility index (Phi) is 5.63. The molecule has 0 spiro atoms. The van der Waals surface area contributed by atoms with E-state index in [4.69, 9.17) is 0 Å². The van der Waals surface area contributed by atoms with Gasteiger partial charge in [0.05, 0.1) is 6.54 Å². The summed E-state index contributed by atoms with van der Waals surface area (Å²) >= 11 is 0. The maximum Gasteiger partial charge on any atom is 0.319 e. The van der Waals surface area contributed by atoms with Gasteiger partial charge in [0.2, 0.25) is 0 Å². The van der Waals surface area contributed by atoms with Gasteiger partial charge in [-0.3, -0.25) is 4.90 Å². The predicted molar refractivity (Wildman–Crippen MR) is 69.4 cm³/mol. The number of halogens is 4. The van der Waals surface area contributed by atoms with E-state index in [0.717, 1.165) is 32.5 Å². The number of piperidine rings is 1. The van der Waals surface area contributed by atoms with Crippen molar-refractivity contribution in [2.75, 3.05) is 52.4 Å². The number of rotatable bonds is 5. The van der Waals surface area contributed by atoms with Crippen LogP contribution in [-0.4, -0.2) is 74.5 Å². The van der Waals surface area contributed by atoms with Crippen molar-refractivity contribution in [1.29, 1.82) is 0 Å². The molecule has 2 rings (SSSR count). The van der Waals surface area contributed by atoms with Crippen LogP contribution in [0, 0.1) is 5.92 Å². The van der Waals surface area contributed by atoms with Crippen molar-refractivity contribution in [3.8, 4) is 0 Å². The van der Waals surface area contributed by atoms with Crippen molar-refractivity contribution in [1.82, 2.24) is 15.1 Å². The maximum absolute atomic E-state index is 13.0. The Morgan fingerprint density at radius 2 is 1.55 bits per heavy atom. The van der Waals surface area contributed by atoms with Crippen molar-refractivity contribution in [3.63, 3.8) is 0 Å².